The van der Waals surface area contributed by atoms with Gasteiger partial charge in [-0.15, -0.1) is 0 Å². The number of carbonyl (C=O) groups excluding carboxylic acids is 1. The highest BCUT2D eigenvalue weighted by Gasteiger charge is 2.40. The topological polar surface area (TPSA) is 56.8 Å². The number of hydrogen-bond donors (Lipinski definition) is 2. The third-order valence-corrected chi connectivity index (χ3v) is 6.41. The molecule has 6 nitrogen and oxygen atoms in total. The molecular weight excluding hydrogens is 402 g/mol. The molecule has 2 fully saturated rings. The van der Waals surface area contributed by atoms with Gasteiger partial charge in [-0.05, 0) is 51.4 Å². The number of methoxy groups -OCH3 is 1. The summed E-state index contributed by atoms with van der Waals surface area (Å²) in [4.78, 5) is 17.7. The van der Waals surface area contributed by atoms with Crippen molar-refractivity contribution in [3.05, 3.63) is 35.4 Å². The summed E-state index contributed by atoms with van der Waals surface area (Å²) < 4.78 is 32.2. The zero-order chi connectivity index (χ0) is 22.2. The van der Waals surface area contributed by atoms with E-state index in [1.165, 1.54) is 12.1 Å². The van der Waals surface area contributed by atoms with Crippen molar-refractivity contribution >= 4 is 5.91 Å². The summed E-state index contributed by atoms with van der Waals surface area (Å²) in [5, 5.41) is 6.38. The number of rotatable bonds is 10. The summed E-state index contributed by atoms with van der Waals surface area (Å²) in [6.45, 7) is 7.50. The molecule has 2 aliphatic rings. The number of likely N-dealkylation sites (tertiary alicyclic amines) is 2. The SMILES string of the molecule is CCCN1CCC(N2C[C@@H](NCc3ccc(F)cc3F)C[C@H]2C(=O)NCCOC)CC1. The largest absolute Gasteiger partial charge is 0.383 e. The first-order valence-corrected chi connectivity index (χ1v) is 11.4. The molecule has 1 amide bonds. The lowest BCUT2D eigenvalue weighted by Gasteiger charge is -2.39. The zero-order valence-corrected chi connectivity index (χ0v) is 18.7. The van der Waals surface area contributed by atoms with E-state index in [0.717, 1.165) is 51.5 Å². The van der Waals surface area contributed by atoms with Crippen molar-refractivity contribution in [2.24, 2.45) is 0 Å². The Morgan fingerprint density at radius 3 is 2.71 bits per heavy atom. The quantitative estimate of drug-likeness (QED) is 0.548. The Hall–Kier alpha value is -1.61. The fraction of sp³-hybridized carbons (Fsp3) is 0.696. The highest BCUT2D eigenvalue weighted by Crippen LogP contribution is 2.27. The van der Waals surface area contributed by atoms with Gasteiger partial charge >= 0.3 is 0 Å². The molecule has 0 spiro atoms. The monoisotopic (exact) mass is 438 g/mol. The summed E-state index contributed by atoms with van der Waals surface area (Å²) in [7, 11) is 1.62. The molecule has 174 valence electrons. The second kappa shape index (κ2) is 11.9. The van der Waals surface area contributed by atoms with Gasteiger partial charge in [0.2, 0.25) is 5.91 Å². The van der Waals surface area contributed by atoms with Crippen LogP contribution in [0.4, 0.5) is 8.78 Å². The van der Waals surface area contributed by atoms with E-state index in [2.05, 4.69) is 27.4 Å². The van der Waals surface area contributed by atoms with Crippen molar-refractivity contribution in [2.75, 3.05) is 46.4 Å². The van der Waals surface area contributed by atoms with Crippen molar-refractivity contribution in [1.29, 1.82) is 0 Å². The van der Waals surface area contributed by atoms with E-state index in [1.807, 2.05) is 0 Å². The van der Waals surface area contributed by atoms with E-state index < -0.39 is 11.6 Å². The smallest absolute Gasteiger partial charge is 0.237 e. The Kier molecular flexibility index (Phi) is 9.19. The molecule has 0 saturated carbocycles. The molecule has 2 atom stereocenters. The lowest BCUT2D eigenvalue weighted by atomic mass is 10.0. The first kappa shape index (κ1) is 24.0. The summed E-state index contributed by atoms with van der Waals surface area (Å²) in [6, 6.07) is 3.92. The molecule has 2 N–H and O–H groups in total. The Morgan fingerprint density at radius 2 is 2.03 bits per heavy atom. The highest BCUT2D eigenvalue weighted by atomic mass is 19.1. The number of nitrogens with one attached hydrogen (secondary N) is 2. The molecule has 1 aromatic rings. The normalized spacial score (nSPS) is 23.4. The maximum Gasteiger partial charge on any atom is 0.237 e. The number of carbonyl (C=O) groups is 1. The first-order chi connectivity index (χ1) is 15.0. The molecule has 1 aromatic carbocycles. The Labute approximate surface area is 184 Å². The van der Waals surface area contributed by atoms with Crippen LogP contribution in [0.5, 0.6) is 0 Å². The summed E-state index contributed by atoms with van der Waals surface area (Å²) in [6.07, 6.45) is 3.95. The average molecular weight is 439 g/mol. The van der Waals surface area contributed by atoms with Crippen LogP contribution in [-0.4, -0.2) is 80.3 Å². The van der Waals surface area contributed by atoms with Gasteiger partial charge in [0.1, 0.15) is 11.6 Å². The van der Waals surface area contributed by atoms with Gasteiger partial charge < -0.3 is 20.3 Å². The lowest BCUT2D eigenvalue weighted by molar-refractivity contribution is -0.126. The fourth-order valence-corrected chi connectivity index (χ4v) is 4.77. The molecule has 3 rings (SSSR count). The number of hydrogen-bond acceptors (Lipinski definition) is 5. The molecule has 2 saturated heterocycles. The summed E-state index contributed by atoms with van der Waals surface area (Å²) in [5.41, 5.74) is 0.439. The third-order valence-electron chi connectivity index (χ3n) is 6.41. The van der Waals surface area contributed by atoms with Gasteiger partial charge in [0.15, 0.2) is 0 Å². The zero-order valence-electron chi connectivity index (χ0n) is 18.7. The van der Waals surface area contributed by atoms with Gasteiger partial charge in [-0.25, -0.2) is 8.78 Å². The standard InChI is InChI=1S/C23H36F2N4O2/c1-3-9-28-10-6-20(7-11-28)29-16-19(14-22(29)23(30)26-8-12-31-2)27-15-17-4-5-18(24)13-21(17)25/h4-5,13,19-20,22,27H,3,6-12,14-16H2,1-2H3,(H,26,30)/t19-,22-/m0/s1. The maximum atomic E-state index is 14.0. The van der Waals surface area contributed by atoms with Crippen LogP contribution in [-0.2, 0) is 16.1 Å². The van der Waals surface area contributed by atoms with Gasteiger partial charge in [-0.1, -0.05) is 13.0 Å². The van der Waals surface area contributed by atoms with E-state index in [0.29, 0.717) is 37.7 Å². The predicted molar refractivity (Wildman–Crippen MR) is 117 cm³/mol. The maximum absolute atomic E-state index is 14.0. The second-order valence-electron chi connectivity index (χ2n) is 8.62. The van der Waals surface area contributed by atoms with Gasteiger partial charge in [0.25, 0.3) is 0 Å². The molecule has 31 heavy (non-hydrogen) atoms. The van der Waals surface area contributed by atoms with E-state index >= 15 is 0 Å². The van der Waals surface area contributed by atoms with Crippen molar-refractivity contribution in [3.8, 4) is 0 Å². The highest BCUT2D eigenvalue weighted by molar-refractivity contribution is 5.82. The summed E-state index contributed by atoms with van der Waals surface area (Å²) >= 11 is 0. The minimum Gasteiger partial charge on any atom is -0.383 e. The molecular formula is C23H36F2N4O2. The Balaban J connectivity index is 1.61. The van der Waals surface area contributed by atoms with Gasteiger partial charge in [-0.3, -0.25) is 9.69 Å². The van der Waals surface area contributed by atoms with Crippen LogP contribution < -0.4 is 10.6 Å². The lowest BCUT2D eigenvalue weighted by Crippen LogP contribution is -2.51. The number of piperidine rings is 1. The average Bonchev–Trinajstić information content (AvgIpc) is 3.18. The molecule has 0 aromatic heterocycles. The molecule has 2 heterocycles. The van der Waals surface area contributed by atoms with Gasteiger partial charge in [-0.2, -0.15) is 0 Å². The van der Waals surface area contributed by atoms with Crippen molar-refractivity contribution in [1.82, 2.24) is 20.4 Å². The molecule has 0 bridgehead atoms. The number of ether oxygens (including phenoxy) is 1. The van der Waals surface area contributed by atoms with Crippen LogP contribution in [0, 0.1) is 11.6 Å². The van der Waals surface area contributed by atoms with Crippen LogP contribution in [0.1, 0.15) is 38.2 Å². The van der Waals surface area contributed by atoms with Crippen LogP contribution in [0.15, 0.2) is 18.2 Å². The van der Waals surface area contributed by atoms with Crippen LogP contribution in [0.25, 0.3) is 0 Å². The summed E-state index contributed by atoms with van der Waals surface area (Å²) in [5.74, 6) is -1.08. The molecule has 0 radical (unpaired) electrons. The van der Waals surface area contributed by atoms with E-state index in [1.54, 1.807) is 7.11 Å². The predicted octanol–water partition coefficient (Wildman–Crippen LogP) is 2.13. The van der Waals surface area contributed by atoms with Crippen molar-refractivity contribution in [3.63, 3.8) is 0 Å². The van der Waals surface area contributed by atoms with E-state index in [-0.39, 0.29) is 18.0 Å². The fourth-order valence-electron chi connectivity index (χ4n) is 4.77. The number of amides is 1. The first-order valence-electron chi connectivity index (χ1n) is 11.4. The Bertz CT molecular complexity index is 713. The van der Waals surface area contributed by atoms with Crippen LogP contribution >= 0.6 is 0 Å². The van der Waals surface area contributed by atoms with Crippen molar-refractivity contribution in [2.45, 2.75) is 57.3 Å². The molecule has 0 aliphatic carbocycles. The third kappa shape index (κ3) is 6.68. The van der Waals surface area contributed by atoms with Crippen molar-refractivity contribution < 1.29 is 18.3 Å². The van der Waals surface area contributed by atoms with Gasteiger partial charge in [0.05, 0.1) is 12.6 Å². The Morgan fingerprint density at radius 1 is 1.26 bits per heavy atom. The van der Waals surface area contributed by atoms with Crippen LogP contribution in [0.3, 0.4) is 0 Å². The molecule has 8 heteroatoms. The van der Waals surface area contributed by atoms with E-state index in [4.69, 9.17) is 4.74 Å². The van der Waals surface area contributed by atoms with Crippen LogP contribution in [0.2, 0.25) is 0 Å². The van der Waals surface area contributed by atoms with Gasteiger partial charge in [0, 0.05) is 50.5 Å². The number of benzene rings is 1. The second-order valence-corrected chi connectivity index (χ2v) is 8.62. The molecule has 0 unspecified atom stereocenters. The van der Waals surface area contributed by atoms with E-state index in [9.17, 15) is 13.6 Å². The number of nitrogens with zero attached hydrogens (tertiary/aromatic N) is 2. The molecule has 2 aliphatic heterocycles. The minimum absolute atomic E-state index is 0.0327. The number of halogens is 2. The minimum atomic E-state index is -0.574.